The van der Waals surface area contributed by atoms with Crippen LogP contribution in [0.5, 0.6) is 0 Å². The van der Waals surface area contributed by atoms with Crippen LogP contribution in [-0.4, -0.2) is 35.1 Å². The maximum atomic E-state index is 11.8. The highest BCUT2D eigenvalue weighted by Crippen LogP contribution is 2.40. The first-order valence-electron chi connectivity index (χ1n) is 9.55. The number of nitrogens with one attached hydrogen (secondary N) is 1. The largest absolute Gasteiger partial charge is 0.381 e. The number of primary amides is 1. The maximum absolute atomic E-state index is 11.8. The van der Waals surface area contributed by atoms with Crippen molar-refractivity contribution in [1.29, 1.82) is 0 Å². The van der Waals surface area contributed by atoms with E-state index in [0.29, 0.717) is 29.6 Å². The molecule has 0 aromatic carbocycles. The summed E-state index contributed by atoms with van der Waals surface area (Å²) in [6.45, 7) is 2.21. The summed E-state index contributed by atoms with van der Waals surface area (Å²) < 4.78 is 5.42. The molecule has 0 spiro atoms. The highest BCUT2D eigenvalue weighted by atomic mass is 16.5. The Balaban J connectivity index is 1.70. The zero-order valence-electron chi connectivity index (χ0n) is 15.3. The second-order valence-electron chi connectivity index (χ2n) is 7.48. The average molecular weight is 346 g/mol. The van der Waals surface area contributed by atoms with Crippen LogP contribution in [0.15, 0.2) is 6.20 Å². The molecule has 1 aromatic rings. The monoisotopic (exact) mass is 346 g/mol. The first kappa shape index (κ1) is 18.1. The van der Waals surface area contributed by atoms with Crippen LogP contribution in [0, 0.1) is 11.8 Å². The SMILES string of the molecule is CCC(Cc1nc(NC2CCC(OC)CC2)ncc1C(N)=O)C1CC1. The number of rotatable bonds is 8. The van der Waals surface area contributed by atoms with Crippen molar-refractivity contribution in [2.24, 2.45) is 17.6 Å². The van der Waals surface area contributed by atoms with Crippen molar-refractivity contribution in [3.63, 3.8) is 0 Å². The van der Waals surface area contributed by atoms with E-state index in [0.717, 1.165) is 50.1 Å². The van der Waals surface area contributed by atoms with Crippen LogP contribution in [0.3, 0.4) is 0 Å². The van der Waals surface area contributed by atoms with Crippen molar-refractivity contribution in [2.45, 2.75) is 70.4 Å². The van der Waals surface area contributed by atoms with Crippen LogP contribution in [0.2, 0.25) is 0 Å². The smallest absolute Gasteiger partial charge is 0.252 e. The third-order valence-corrected chi connectivity index (χ3v) is 5.74. The van der Waals surface area contributed by atoms with Gasteiger partial charge in [0.05, 0.1) is 17.4 Å². The number of anilines is 1. The van der Waals surface area contributed by atoms with Gasteiger partial charge in [0.15, 0.2) is 0 Å². The molecule has 2 aliphatic carbocycles. The molecular weight excluding hydrogens is 316 g/mol. The summed E-state index contributed by atoms with van der Waals surface area (Å²) >= 11 is 0. The quantitative estimate of drug-likeness (QED) is 0.755. The summed E-state index contributed by atoms with van der Waals surface area (Å²) in [6.07, 6.45) is 10.7. The van der Waals surface area contributed by atoms with E-state index in [1.807, 2.05) is 0 Å². The van der Waals surface area contributed by atoms with Crippen LogP contribution in [0.1, 0.15) is 67.9 Å². The van der Waals surface area contributed by atoms with E-state index in [2.05, 4.69) is 22.2 Å². The first-order valence-corrected chi connectivity index (χ1v) is 9.55. The normalized spacial score (nSPS) is 24.7. The van der Waals surface area contributed by atoms with Gasteiger partial charge in [-0.25, -0.2) is 9.97 Å². The van der Waals surface area contributed by atoms with E-state index in [1.54, 1.807) is 13.3 Å². The zero-order chi connectivity index (χ0) is 17.8. The highest BCUT2D eigenvalue weighted by Gasteiger charge is 2.31. The lowest BCUT2D eigenvalue weighted by Crippen LogP contribution is -2.30. The molecule has 3 N–H and O–H groups in total. The molecule has 6 nitrogen and oxygen atoms in total. The predicted molar refractivity (Wildman–Crippen MR) is 97.4 cm³/mol. The molecule has 2 fully saturated rings. The Hall–Kier alpha value is -1.69. The lowest BCUT2D eigenvalue weighted by atomic mass is 9.93. The molecule has 0 aliphatic heterocycles. The van der Waals surface area contributed by atoms with Crippen molar-refractivity contribution in [3.05, 3.63) is 17.5 Å². The Labute approximate surface area is 149 Å². The second-order valence-corrected chi connectivity index (χ2v) is 7.48. The summed E-state index contributed by atoms with van der Waals surface area (Å²) in [7, 11) is 1.78. The van der Waals surface area contributed by atoms with E-state index in [4.69, 9.17) is 10.5 Å². The maximum Gasteiger partial charge on any atom is 0.252 e. The number of nitrogens with zero attached hydrogens (tertiary/aromatic N) is 2. The number of carbonyl (C=O) groups excluding carboxylic acids is 1. The fourth-order valence-electron chi connectivity index (χ4n) is 3.93. The van der Waals surface area contributed by atoms with E-state index < -0.39 is 5.91 Å². The number of hydrogen-bond donors (Lipinski definition) is 2. The third kappa shape index (κ3) is 4.69. The molecule has 1 atom stereocenters. The molecule has 138 valence electrons. The van der Waals surface area contributed by atoms with Crippen LogP contribution >= 0.6 is 0 Å². The number of aromatic nitrogens is 2. The topological polar surface area (TPSA) is 90.1 Å². The minimum absolute atomic E-state index is 0.365. The molecule has 25 heavy (non-hydrogen) atoms. The van der Waals surface area contributed by atoms with Gasteiger partial charge in [0.1, 0.15) is 0 Å². The van der Waals surface area contributed by atoms with E-state index >= 15 is 0 Å². The predicted octanol–water partition coefficient (Wildman–Crippen LogP) is 2.92. The second kappa shape index (κ2) is 8.13. The van der Waals surface area contributed by atoms with Crippen molar-refractivity contribution in [3.8, 4) is 0 Å². The Kier molecular flexibility index (Phi) is 5.89. The van der Waals surface area contributed by atoms with Crippen molar-refractivity contribution < 1.29 is 9.53 Å². The van der Waals surface area contributed by atoms with Crippen LogP contribution in [0.4, 0.5) is 5.95 Å². The summed E-state index contributed by atoms with van der Waals surface area (Å²) in [5.41, 5.74) is 6.80. The Morgan fingerprint density at radius 2 is 2.04 bits per heavy atom. The average Bonchev–Trinajstić information content (AvgIpc) is 3.45. The van der Waals surface area contributed by atoms with Gasteiger partial charge >= 0.3 is 0 Å². The van der Waals surface area contributed by atoms with Crippen molar-refractivity contribution in [2.75, 3.05) is 12.4 Å². The highest BCUT2D eigenvalue weighted by molar-refractivity contribution is 5.93. The third-order valence-electron chi connectivity index (χ3n) is 5.74. The molecule has 1 amide bonds. The number of hydrogen-bond acceptors (Lipinski definition) is 5. The Morgan fingerprint density at radius 1 is 1.32 bits per heavy atom. The van der Waals surface area contributed by atoms with Gasteiger partial charge in [-0.1, -0.05) is 13.3 Å². The van der Waals surface area contributed by atoms with Crippen LogP contribution in [-0.2, 0) is 11.2 Å². The minimum atomic E-state index is -0.437. The minimum Gasteiger partial charge on any atom is -0.381 e. The molecule has 1 heterocycles. The molecule has 0 bridgehead atoms. The van der Waals surface area contributed by atoms with Gasteiger partial charge in [-0.05, 0) is 56.8 Å². The van der Waals surface area contributed by atoms with Crippen molar-refractivity contribution >= 4 is 11.9 Å². The molecule has 1 aromatic heterocycles. The molecule has 0 saturated heterocycles. The summed E-state index contributed by atoms with van der Waals surface area (Å²) in [6, 6.07) is 0.365. The van der Waals surface area contributed by atoms with Gasteiger partial charge in [0, 0.05) is 19.3 Å². The van der Waals surface area contributed by atoms with E-state index in [9.17, 15) is 4.79 Å². The molecule has 6 heteroatoms. The van der Waals surface area contributed by atoms with Gasteiger partial charge in [-0.3, -0.25) is 4.79 Å². The number of nitrogens with two attached hydrogens (primary N) is 1. The van der Waals surface area contributed by atoms with Gasteiger partial charge in [-0.2, -0.15) is 0 Å². The summed E-state index contributed by atoms with van der Waals surface area (Å²) in [5, 5.41) is 3.44. The van der Waals surface area contributed by atoms with Crippen molar-refractivity contribution in [1.82, 2.24) is 9.97 Å². The molecule has 3 rings (SSSR count). The zero-order valence-corrected chi connectivity index (χ0v) is 15.3. The lowest BCUT2D eigenvalue weighted by Gasteiger charge is -2.28. The molecule has 0 radical (unpaired) electrons. The number of methoxy groups -OCH3 is 1. The number of amides is 1. The van der Waals surface area contributed by atoms with Crippen LogP contribution in [0.25, 0.3) is 0 Å². The van der Waals surface area contributed by atoms with Crippen LogP contribution < -0.4 is 11.1 Å². The first-order chi connectivity index (χ1) is 12.1. The Morgan fingerprint density at radius 3 is 2.60 bits per heavy atom. The van der Waals surface area contributed by atoms with E-state index in [1.165, 1.54) is 12.8 Å². The fourth-order valence-corrected chi connectivity index (χ4v) is 3.93. The summed E-state index contributed by atoms with van der Waals surface area (Å²) in [4.78, 5) is 20.8. The molecular formula is C19H30N4O2. The van der Waals surface area contributed by atoms with Gasteiger partial charge < -0.3 is 15.8 Å². The van der Waals surface area contributed by atoms with Gasteiger partial charge in [0.25, 0.3) is 5.91 Å². The Bertz CT molecular complexity index is 595. The fraction of sp³-hybridized carbons (Fsp3) is 0.737. The van der Waals surface area contributed by atoms with Gasteiger partial charge in [-0.15, -0.1) is 0 Å². The molecule has 2 aliphatic rings. The molecule has 2 saturated carbocycles. The number of carbonyl (C=O) groups is 1. The van der Waals surface area contributed by atoms with Gasteiger partial charge in [0.2, 0.25) is 5.95 Å². The lowest BCUT2D eigenvalue weighted by molar-refractivity contribution is 0.0681. The van der Waals surface area contributed by atoms with E-state index in [-0.39, 0.29) is 0 Å². The summed E-state index contributed by atoms with van der Waals surface area (Å²) in [5.74, 6) is 1.54. The number of ether oxygens (including phenoxy) is 1. The molecule has 1 unspecified atom stereocenters. The standard InChI is InChI=1S/C19H30N4O2/c1-3-12(13-4-5-13)10-17-16(18(20)24)11-21-19(23-17)22-14-6-8-15(25-2)9-7-14/h11-15H,3-10H2,1-2H3,(H2,20,24)(H,21,22,23).